The second-order valence-corrected chi connectivity index (χ2v) is 4.20. The fourth-order valence-electron chi connectivity index (χ4n) is 1.75. The maximum atomic E-state index is 10.9. The van der Waals surface area contributed by atoms with Crippen molar-refractivity contribution in [2.45, 2.75) is 45.4 Å². The molecule has 0 atom stereocenters. The first-order valence-electron chi connectivity index (χ1n) is 5.83. The van der Waals surface area contributed by atoms with Gasteiger partial charge in [-0.1, -0.05) is 19.3 Å². The van der Waals surface area contributed by atoms with Crippen LogP contribution in [-0.2, 0) is 19.1 Å². The number of ether oxygens (including phenoxy) is 1. The molecular formula is C12H21NO4. The van der Waals surface area contributed by atoms with Gasteiger partial charge in [0.25, 0.3) is 0 Å². The molecule has 5 heteroatoms. The number of amides is 1. The van der Waals surface area contributed by atoms with Crippen molar-refractivity contribution in [3.8, 4) is 0 Å². The molecule has 1 amide bonds. The Morgan fingerprint density at radius 1 is 1.18 bits per heavy atom. The summed E-state index contributed by atoms with van der Waals surface area (Å²) >= 11 is 0. The third-order valence-electron chi connectivity index (χ3n) is 2.56. The summed E-state index contributed by atoms with van der Waals surface area (Å²) in [5, 5.41) is 0. The number of rotatable bonds is 3. The number of carbonyl (C=O) groups is 3. The Morgan fingerprint density at radius 3 is 2.00 bits per heavy atom. The van der Waals surface area contributed by atoms with Crippen LogP contribution in [0.3, 0.4) is 0 Å². The largest absolute Gasteiger partial charge is 0.469 e. The zero-order valence-electron chi connectivity index (χ0n) is 10.5. The van der Waals surface area contributed by atoms with Gasteiger partial charge >= 0.3 is 5.97 Å². The summed E-state index contributed by atoms with van der Waals surface area (Å²) in [5.74, 6) is -0.557. The Balaban J connectivity index is 0.000000325. The molecule has 1 aliphatic carbocycles. The summed E-state index contributed by atoms with van der Waals surface area (Å²) in [7, 11) is 1.47. The molecule has 0 radical (unpaired) electrons. The quantitative estimate of drug-likeness (QED) is 0.596. The van der Waals surface area contributed by atoms with Gasteiger partial charge in [0, 0.05) is 0 Å². The van der Waals surface area contributed by atoms with Gasteiger partial charge in [0.05, 0.1) is 19.4 Å². The zero-order valence-corrected chi connectivity index (χ0v) is 10.5. The van der Waals surface area contributed by atoms with Crippen molar-refractivity contribution in [1.82, 2.24) is 0 Å². The fourth-order valence-corrected chi connectivity index (χ4v) is 1.75. The summed E-state index contributed by atoms with van der Waals surface area (Å²) in [6.45, 7) is 1.32. The van der Waals surface area contributed by atoms with Gasteiger partial charge in [0.1, 0.15) is 5.78 Å². The average molecular weight is 243 g/mol. The molecule has 98 valence electrons. The van der Waals surface area contributed by atoms with Gasteiger partial charge in [-0.3, -0.25) is 14.4 Å². The van der Waals surface area contributed by atoms with E-state index in [4.69, 9.17) is 0 Å². The van der Waals surface area contributed by atoms with Crippen LogP contribution in [0.15, 0.2) is 0 Å². The molecular weight excluding hydrogens is 222 g/mol. The Hall–Kier alpha value is -1.39. The van der Waals surface area contributed by atoms with Crippen molar-refractivity contribution < 1.29 is 19.1 Å². The van der Waals surface area contributed by atoms with E-state index in [2.05, 4.69) is 10.5 Å². The topological polar surface area (TPSA) is 86.5 Å². The number of esters is 1. The van der Waals surface area contributed by atoms with Crippen LogP contribution in [0.5, 0.6) is 0 Å². The highest BCUT2D eigenvalue weighted by molar-refractivity contribution is 5.95. The van der Waals surface area contributed by atoms with Gasteiger partial charge < -0.3 is 10.5 Å². The highest BCUT2D eigenvalue weighted by atomic mass is 16.5. The number of primary amides is 1. The van der Waals surface area contributed by atoms with Gasteiger partial charge in [-0.05, 0) is 19.8 Å². The first-order chi connectivity index (χ1) is 7.97. The van der Waals surface area contributed by atoms with E-state index in [1.807, 2.05) is 0 Å². The molecule has 5 nitrogen and oxygen atoms in total. The first-order valence-corrected chi connectivity index (χ1v) is 5.83. The molecule has 0 heterocycles. The summed E-state index contributed by atoms with van der Waals surface area (Å²) < 4.78 is 4.65. The van der Waals surface area contributed by atoms with Crippen molar-refractivity contribution >= 4 is 17.7 Å². The van der Waals surface area contributed by atoms with E-state index in [1.54, 1.807) is 0 Å². The summed E-state index contributed by atoms with van der Waals surface area (Å²) in [6.07, 6.45) is 5.60. The standard InChI is InChI=1S/C8H14O2.C4H7NO2/c1-10-8(9)7-5-3-2-4-6-7;1-3(6)2-4(5)7/h7H,2-6H2,1H3;2H2,1H3,(H2,5,7). The Labute approximate surface area is 102 Å². The van der Waals surface area contributed by atoms with Gasteiger partial charge in [-0.15, -0.1) is 0 Å². The van der Waals surface area contributed by atoms with Crippen molar-refractivity contribution in [2.75, 3.05) is 7.11 Å². The van der Waals surface area contributed by atoms with Crippen LogP contribution in [0.2, 0.25) is 0 Å². The maximum absolute atomic E-state index is 10.9. The lowest BCUT2D eigenvalue weighted by Crippen LogP contribution is -2.18. The third-order valence-corrected chi connectivity index (χ3v) is 2.56. The molecule has 1 aliphatic rings. The number of nitrogens with two attached hydrogens (primary N) is 1. The van der Waals surface area contributed by atoms with Crippen LogP contribution in [0, 0.1) is 5.92 Å². The minimum absolute atomic E-state index is 0.0142. The summed E-state index contributed by atoms with van der Waals surface area (Å²) in [4.78, 5) is 30.7. The molecule has 0 bridgehead atoms. The lowest BCUT2D eigenvalue weighted by Gasteiger charge is -2.18. The smallest absolute Gasteiger partial charge is 0.308 e. The zero-order chi connectivity index (χ0) is 13.3. The highest BCUT2D eigenvalue weighted by Crippen LogP contribution is 2.24. The lowest BCUT2D eigenvalue weighted by molar-refractivity contribution is -0.146. The number of ketones is 1. The molecule has 1 fully saturated rings. The number of methoxy groups -OCH3 is 1. The van der Waals surface area contributed by atoms with Crippen LogP contribution < -0.4 is 5.73 Å². The number of Topliss-reactive ketones (excluding diaryl/α,β-unsaturated/α-hetero) is 1. The third kappa shape index (κ3) is 8.42. The second-order valence-electron chi connectivity index (χ2n) is 4.20. The molecule has 0 aromatic carbocycles. The fraction of sp³-hybridized carbons (Fsp3) is 0.750. The molecule has 0 aromatic heterocycles. The average Bonchev–Trinajstić information content (AvgIpc) is 2.28. The van der Waals surface area contributed by atoms with Crippen molar-refractivity contribution in [3.05, 3.63) is 0 Å². The predicted molar refractivity (Wildman–Crippen MR) is 63.1 cm³/mol. The van der Waals surface area contributed by atoms with Gasteiger partial charge in [0.2, 0.25) is 5.91 Å². The van der Waals surface area contributed by atoms with Crippen molar-refractivity contribution in [2.24, 2.45) is 11.7 Å². The van der Waals surface area contributed by atoms with E-state index < -0.39 is 5.91 Å². The van der Waals surface area contributed by atoms with Crippen molar-refractivity contribution in [1.29, 1.82) is 0 Å². The van der Waals surface area contributed by atoms with E-state index in [1.165, 1.54) is 33.3 Å². The molecule has 1 saturated carbocycles. The monoisotopic (exact) mass is 243 g/mol. The molecule has 0 saturated heterocycles. The van der Waals surface area contributed by atoms with Gasteiger partial charge in [0.15, 0.2) is 0 Å². The minimum Gasteiger partial charge on any atom is -0.469 e. The van der Waals surface area contributed by atoms with Gasteiger partial charge in [-0.25, -0.2) is 0 Å². The van der Waals surface area contributed by atoms with E-state index in [-0.39, 0.29) is 24.1 Å². The number of hydrogen-bond donors (Lipinski definition) is 1. The SMILES string of the molecule is CC(=O)CC(N)=O.COC(=O)C1CCCCC1. The van der Waals surface area contributed by atoms with Crippen LogP contribution >= 0.6 is 0 Å². The molecule has 0 aliphatic heterocycles. The summed E-state index contributed by atoms with van der Waals surface area (Å²) in [6, 6.07) is 0. The Morgan fingerprint density at radius 2 is 1.71 bits per heavy atom. The van der Waals surface area contributed by atoms with Crippen molar-refractivity contribution in [3.63, 3.8) is 0 Å². The van der Waals surface area contributed by atoms with Crippen LogP contribution in [-0.4, -0.2) is 24.8 Å². The van der Waals surface area contributed by atoms with Crippen LogP contribution in [0.1, 0.15) is 45.4 Å². The second kappa shape index (κ2) is 8.73. The van der Waals surface area contributed by atoms with E-state index >= 15 is 0 Å². The van der Waals surface area contributed by atoms with E-state index in [0.717, 1.165) is 12.8 Å². The minimum atomic E-state index is -0.562. The molecule has 1 rings (SSSR count). The molecule has 0 aromatic rings. The first kappa shape index (κ1) is 15.6. The normalized spacial score (nSPS) is 15.4. The highest BCUT2D eigenvalue weighted by Gasteiger charge is 2.20. The summed E-state index contributed by atoms with van der Waals surface area (Å²) in [5.41, 5.74) is 4.63. The molecule has 2 N–H and O–H groups in total. The van der Waals surface area contributed by atoms with E-state index in [0.29, 0.717) is 0 Å². The Bertz CT molecular complexity index is 258. The molecule has 17 heavy (non-hydrogen) atoms. The van der Waals surface area contributed by atoms with E-state index in [9.17, 15) is 14.4 Å². The predicted octanol–water partition coefficient (Wildman–Crippen LogP) is 1.19. The van der Waals surface area contributed by atoms with Gasteiger partial charge in [-0.2, -0.15) is 0 Å². The number of carbonyl (C=O) groups excluding carboxylic acids is 3. The van der Waals surface area contributed by atoms with Crippen LogP contribution in [0.4, 0.5) is 0 Å². The Kier molecular flexibility index (Phi) is 8.01. The number of hydrogen-bond acceptors (Lipinski definition) is 4. The molecule has 0 unspecified atom stereocenters. The molecule has 0 spiro atoms. The lowest BCUT2D eigenvalue weighted by atomic mass is 9.89. The maximum Gasteiger partial charge on any atom is 0.308 e. The van der Waals surface area contributed by atoms with Crippen LogP contribution in [0.25, 0.3) is 0 Å².